The summed E-state index contributed by atoms with van der Waals surface area (Å²) in [4.78, 5) is 31.4. The highest BCUT2D eigenvalue weighted by atomic mass is 19.1. The fourth-order valence-electron chi connectivity index (χ4n) is 3.87. The number of carbonyl (C=O) groups excluding carboxylic acids is 2. The number of halogens is 1. The first-order chi connectivity index (χ1) is 15.5. The predicted molar refractivity (Wildman–Crippen MR) is 115 cm³/mol. The van der Waals surface area contributed by atoms with E-state index < -0.39 is 23.5 Å². The van der Waals surface area contributed by atoms with Crippen molar-refractivity contribution < 1.29 is 23.8 Å². The first-order valence-electron chi connectivity index (χ1n) is 10.1. The maximum absolute atomic E-state index is 13.6. The van der Waals surface area contributed by atoms with Crippen molar-refractivity contribution in [2.75, 3.05) is 13.7 Å². The molecule has 0 bridgehead atoms. The van der Waals surface area contributed by atoms with Gasteiger partial charge < -0.3 is 19.3 Å². The molecule has 1 N–H and O–H groups in total. The monoisotopic (exact) mass is 435 g/mol. The van der Waals surface area contributed by atoms with Crippen LogP contribution < -0.4 is 4.74 Å². The fourth-order valence-corrected chi connectivity index (χ4v) is 3.87. The number of carbonyl (C=O) groups is 2. The van der Waals surface area contributed by atoms with Gasteiger partial charge in [0.05, 0.1) is 25.1 Å². The van der Waals surface area contributed by atoms with Crippen LogP contribution in [0.3, 0.4) is 0 Å². The van der Waals surface area contributed by atoms with Crippen LogP contribution in [0, 0.1) is 5.82 Å². The molecule has 1 aromatic heterocycles. The molecule has 0 spiro atoms. The van der Waals surface area contributed by atoms with Gasteiger partial charge in [0, 0.05) is 31.0 Å². The molecule has 4 rings (SSSR count). The largest absolute Gasteiger partial charge is 0.507 e. The van der Waals surface area contributed by atoms with Gasteiger partial charge in [-0.1, -0.05) is 24.3 Å². The Bertz CT molecular complexity index is 1160. The van der Waals surface area contributed by atoms with Gasteiger partial charge in [-0.3, -0.25) is 9.59 Å². The molecule has 2 aromatic carbocycles. The minimum Gasteiger partial charge on any atom is -0.507 e. The molecule has 32 heavy (non-hydrogen) atoms. The van der Waals surface area contributed by atoms with E-state index in [0.29, 0.717) is 29.8 Å². The Balaban J connectivity index is 1.73. The van der Waals surface area contributed by atoms with Gasteiger partial charge in [0.1, 0.15) is 17.3 Å². The molecule has 1 amide bonds. The molecule has 1 saturated heterocycles. The van der Waals surface area contributed by atoms with E-state index in [1.807, 2.05) is 10.8 Å². The number of aromatic nitrogens is 2. The number of Topliss-reactive ketones (excluding diaryl/α,β-unsaturated/α-hetero) is 1. The first-order valence-corrected chi connectivity index (χ1v) is 10.1. The van der Waals surface area contributed by atoms with E-state index >= 15 is 0 Å². The number of ketones is 1. The van der Waals surface area contributed by atoms with Crippen LogP contribution in [0.15, 0.2) is 72.8 Å². The summed E-state index contributed by atoms with van der Waals surface area (Å²) < 4.78 is 20.6. The second-order valence-corrected chi connectivity index (χ2v) is 7.43. The van der Waals surface area contributed by atoms with Crippen molar-refractivity contribution in [1.82, 2.24) is 14.5 Å². The molecule has 0 radical (unpaired) electrons. The Kier molecular flexibility index (Phi) is 6.02. The highest BCUT2D eigenvalue weighted by molar-refractivity contribution is 6.46. The van der Waals surface area contributed by atoms with E-state index in [9.17, 15) is 19.1 Å². The maximum atomic E-state index is 13.6. The van der Waals surface area contributed by atoms with Gasteiger partial charge in [0.25, 0.3) is 11.7 Å². The number of methoxy groups -OCH3 is 1. The first kappa shape index (κ1) is 21.3. The van der Waals surface area contributed by atoms with Crippen molar-refractivity contribution in [2.45, 2.75) is 19.0 Å². The lowest BCUT2D eigenvalue weighted by atomic mass is 9.95. The zero-order valence-corrected chi connectivity index (χ0v) is 17.4. The van der Waals surface area contributed by atoms with Crippen molar-refractivity contribution in [3.05, 3.63) is 89.8 Å². The van der Waals surface area contributed by atoms with Crippen LogP contribution in [-0.4, -0.2) is 44.9 Å². The lowest BCUT2D eigenvalue weighted by Crippen LogP contribution is -2.31. The molecule has 8 heteroatoms. The SMILES string of the molecule is COc1cccc(/C(O)=C2\C(=O)C(=O)N(CCCn3ccnc3)[C@@H]2c2ccc(F)cc2)c1. The Hall–Kier alpha value is -3.94. The maximum Gasteiger partial charge on any atom is 0.295 e. The Labute approximate surface area is 184 Å². The summed E-state index contributed by atoms with van der Waals surface area (Å²) in [7, 11) is 1.50. The summed E-state index contributed by atoms with van der Waals surface area (Å²) in [6, 6.07) is 11.4. The van der Waals surface area contributed by atoms with Crippen LogP contribution in [-0.2, 0) is 16.1 Å². The molecule has 3 aromatic rings. The summed E-state index contributed by atoms with van der Waals surface area (Å²) in [6.45, 7) is 0.884. The van der Waals surface area contributed by atoms with Gasteiger partial charge in [-0.05, 0) is 36.2 Å². The average molecular weight is 435 g/mol. The van der Waals surface area contributed by atoms with Crippen LogP contribution in [0.25, 0.3) is 5.76 Å². The number of hydrogen-bond donors (Lipinski definition) is 1. The Morgan fingerprint density at radius 1 is 1.16 bits per heavy atom. The minimum absolute atomic E-state index is 0.0301. The van der Waals surface area contributed by atoms with E-state index in [2.05, 4.69) is 4.98 Å². The number of nitrogens with zero attached hydrogens (tertiary/aromatic N) is 3. The van der Waals surface area contributed by atoms with E-state index in [0.717, 1.165) is 0 Å². The number of likely N-dealkylation sites (tertiary alicyclic amines) is 1. The highest BCUT2D eigenvalue weighted by Gasteiger charge is 2.45. The quantitative estimate of drug-likeness (QED) is 0.349. The number of benzene rings is 2. The number of imidazole rings is 1. The van der Waals surface area contributed by atoms with Crippen LogP contribution in [0.5, 0.6) is 5.75 Å². The normalized spacial score (nSPS) is 17.7. The second kappa shape index (κ2) is 9.05. The van der Waals surface area contributed by atoms with Crippen molar-refractivity contribution in [2.24, 2.45) is 0 Å². The van der Waals surface area contributed by atoms with Crippen LogP contribution >= 0.6 is 0 Å². The molecule has 1 aliphatic rings. The van der Waals surface area contributed by atoms with Crippen LogP contribution in [0.2, 0.25) is 0 Å². The molecular weight excluding hydrogens is 413 g/mol. The lowest BCUT2D eigenvalue weighted by molar-refractivity contribution is -0.139. The standard InChI is InChI=1S/C24H22FN3O4/c1-32-19-5-2-4-17(14-19)22(29)20-21(16-6-8-18(25)9-7-16)28(24(31)23(20)30)12-3-11-27-13-10-26-15-27/h2,4-10,13-15,21,29H,3,11-12H2,1H3/b22-20+/t21-/m1/s1. The van der Waals surface area contributed by atoms with Gasteiger partial charge >= 0.3 is 0 Å². The predicted octanol–water partition coefficient (Wildman–Crippen LogP) is 3.54. The minimum atomic E-state index is -0.829. The Morgan fingerprint density at radius 2 is 1.94 bits per heavy atom. The third-order valence-electron chi connectivity index (χ3n) is 5.44. The third kappa shape index (κ3) is 4.12. The number of aryl methyl sites for hydroxylation is 1. The topological polar surface area (TPSA) is 84.7 Å². The molecule has 1 aliphatic heterocycles. The number of ether oxygens (including phenoxy) is 1. The molecule has 2 heterocycles. The van der Waals surface area contributed by atoms with E-state index in [4.69, 9.17) is 4.74 Å². The zero-order valence-electron chi connectivity index (χ0n) is 17.4. The van der Waals surface area contributed by atoms with Crippen molar-refractivity contribution >= 4 is 17.4 Å². The van der Waals surface area contributed by atoms with Crippen LogP contribution in [0.1, 0.15) is 23.6 Å². The summed E-state index contributed by atoms with van der Waals surface area (Å²) in [5.74, 6) is -1.70. The summed E-state index contributed by atoms with van der Waals surface area (Å²) >= 11 is 0. The van der Waals surface area contributed by atoms with E-state index in [1.54, 1.807) is 36.8 Å². The molecular formula is C24H22FN3O4. The summed E-state index contributed by atoms with van der Waals surface area (Å²) in [6.07, 6.45) is 5.72. The number of hydrogen-bond acceptors (Lipinski definition) is 5. The molecule has 7 nitrogen and oxygen atoms in total. The highest BCUT2D eigenvalue weighted by Crippen LogP contribution is 2.39. The molecule has 0 saturated carbocycles. The fraction of sp³-hybridized carbons (Fsp3) is 0.208. The summed E-state index contributed by atoms with van der Waals surface area (Å²) in [5, 5.41) is 11.0. The van der Waals surface area contributed by atoms with Gasteiger partial charge in [-0.25, -0.2) is 9.37 Å². The van der Waals surface area contributed by atoms with E-state index in [1.165, 1.54) is 36.3 Å². The van der Waals surface area contributed by atoms with E-state index in [-0.39, 0.29) is 17.9 Å². The molecule has 0 aliphatic carbocycles. The van der Waals surface area contributed by atoms with Crippen molar-refractivity contribution in [3.63, 3.8) is 0 Å². The second-order valence-electron chi connectivity index (χ2n) is 7.43. The van der Waals surface area contributed by atoms with Gasteiger partial charge in [0.2, 0.25) is 0 Å². The molecule has 164 valence electrons. The zero-order chi connectivity index (χ0) is 22.7. The lowest BCUT2D eigenvalue weighted by Gasteiger charge is -2.25. The number of aliphatic hydroxyl groups is 1. The number of amides is 1. The molecule has 0 unspecified atom stereocenters. The smallest absolute Gasteiger partial charge is 0.295 e. The van der Waals surface area contributed by atoms with Crippen molar-refractivity contribution in [1.29, 1.82) is 0 Å². The number of rotatable bonds is 7. The Morgan fingerprint density at radius 3 is 2.62 bits per heavy atom. The average Bonchev–Trinajstić information content (AvgIpc) is 3.41. The summed E-state index contributed by atoms with van der Waals surface area (Å²) in [5.41, 5.74) is 0.864. The van der Waals surface area contributed by atoms with Crippen molar-refractivity contribution in [3.8, 4) is 5.75 Å². The molecule has 1 atom stereocenters. The van der Waals surface area contributed by atoms with Crippen LogP contribution in [0.4, 0.5) is 4.39 Å². The molecule has 1 fully saturated rings. The van der Waals surface area contributed by atoms with Gasteiger partial charge in [-0.2, -0.15) is 0 Å². The van der Waals surface area contributed by atoms with Gasteiger partial charge in [0.15, 0.2) is 0 Å². The van der Waals surface area contributed by atoms with Gasteiger partial charge in [-0.15, -0.1) is 0 Å². The third-order valence-corrected chi connectivity index (χ3v) is 5.44. The number of aliphatic hydroxyl groups excluding tert-OH is 1.